The molecule has 28 heavy (non-hydrogen) atoms. The van der Waals surface area contributed by atoms with Gasteiger partial charge in [0.25, 0.3) is 0 Å². The van der Waals surface area contributed by atoms with Gasteiger partial charge in [0, 0.05) is 44.2 Å². The van der Waals surface area contributed by atoms with Crippen LogP contribution in [-0.4, -0.2) is 53.9 Å². The molecule has 3 aromatic heterocycles. The first kappa shape index (κ1) is 18.2. The molecular weight excluding hydrogens is 356 g/mol. The third-order valence-electron chi connectivity index (χ3n) is 5.86. The highest BCUT2D eigenvalue weighted by atomic mass is 16.5. The molecule has 1 saturated carbocycles. The molecule has 3 atom stereocenters. The summed E-state index contributed by atoms with van der Waals surface area (Å²) in [5.74, 6) is 0.603. The Morgan fingerprint density at radius 1 is 1.43 bits per heavy atom. The summed E-state index contributed by atoms with van der Waals surface area (Å²) >= 11 is 0. The van der Waals surface area contributed by atoms with Gasteiger partial charge in [-0.25, -0.2) is 9.50 Å². The second-order valence-electron chi connectivity index (χ2n) is 7.62. The number of fused-ring (bicyclic) bond motifs is 1. The number of nitrogens with zero attached hydrogens (tertiary/aromatic N) is 6. The fourth-order valence-corrected chi connectivity index (χ4v) is 3.83. The molecule has 0 spiro atoms. The van der Waals surface area contributed by atoms with Gasteiger partial charge in [-0.15, -0.1) is 0 Å². The minimum atomic E-state index is -0.425. The van der Waals surface area contributed by atoms with E-state index in [9.17, 15) is 4.79 Å². The van der Waals surface area contributed by atoms with E-state index in [1.165, 1.54) is 6.08 Å². The summed E-state index contributed by atoms with van der Waals surface area (Å²) in [5, 5.41) is 8.57. The molecule has 1 amide bonds. The molecule has 0 bridgehead atoms. The number of ether oxygens (including phenoxy) is 1. The fourth-order valence-electron chi connectivity index (χ4n) is 3.83. The Hall–Kier alpha value is -3.16. The highest BCUT2D eigenvalue weighted by Crippen LogP contribution is 2.44. The average Bonchev–Trinajstić information content (AvgIpc) is 3.33. The Morgan fingerprint density at radius 2 is 2.21 bits per heavy atom. The van der Waals surface area contributed by atoms with Crippen LogP contribution in [0.5, 0.6) is 5.88 Å². The summed E-state index contributed by atoms with van der Waals surface area (Å²) in [6, 6.07) is 1.99. The van der Waals surface area contributed by atoms with Crippen molar-refractivity contribution in [2.45, 2.75) is 31.9 Å². The van der Waals surface area contributed by atoms with E-state index in [1.54, 1.807) is 33.5 Å². The summed E-state index contributed by atoms with van der Waals surface area (Å²) in [5.41, 5.74) is 2.02. The highest BCUT2D eigenvalue weighted by Gasteiger charge is 2.53. The third kappa shape index (κ3) is 2.85. The maximum absolute atomic E-state index is 11.9. The van der Waals surface area contributed by atoms with E-state index >= 15 is 0 Å². The van der Waals surface area contributed by atoms with E-state index in [0.29, 0.717) is 5.88 Å². The standard InChI is InChI=1S/C20H24N6O2/c1-6-18(27)25(5)17-9-20(3,13(17)2)28-19-16-7-8-21-26(16)12-15(23-19)14-10-22-24(4)11-14/h6-8,10-13,17H,1,9H2,2-5H3/t13-,17-,20+/m0/s1. The highest BCUT2D eigenvalue weighted by molar-refractivity contribution is 5.87. The van der Waals surface area contributed by atoms with Gasteiger partial charge in [0.15, 0.2) is 0 Å². The van der Waals surface area contributed by atoms with Crippen molar-refractivity contribution in [1.82, 2.24) is 29.3 Å². The Labute approximate surface area is 163 Å². The number of carbonyl (C=O) groups is 1. The predicted molar refractivity (Wildman–Crippen MR) is 105 cm³/mol. The lowest BCUT2D eigenvalue weighted by Crippen LogP contribution is -2.63. The van der Waals surface area contributed by atoms with Crippen LogP contribution in [0, 0.1) is 5.92 Å². The molecule has 0 N–H and O–H groups in total. The molecule has 0 unspecified atom stereocenters. The van der Waals surface area contributed by atoms with E-state index in [0.717, 1.165) is 23.2 Å². The lowest BCUT2D eigenvalue weighted by molar-refractivity contribution is -0.144. The van der Waals surface area contributed by atoms with Gasteiger partial charge in [0.05, 0.1) is 24.3 Å². The summed E-state index contributed by atoms with van der Waals surface area (Å²) in [6.07, 6.45) is 9.33. The minimum Gasteiger partial charge on any atom is -0.469 e. The summed E-state index contributed by atoms with van der Waals surface area (Å²) in [4.78, 5) is 18.4. The molecule has 0 radical (unpaired) electrons. The van der Waals surface area contributed by atoms with Crippen molar-refractivity contribution in [3.05, 3.63) is 43.5 Å². The van der Waals surface area contributed by atoms with Crippen LogP contribution in [0.2, 0.25) is 0 Å². The van der Waals surface area contributed by atoms with Crippen molar-refractivity contribution in [2.75, 3.05) is 7.05 Å². The smallest absolute Gasteiger partial charge is 0.245 e. The van der Waals surface area contributed by atoms with Crippen LogP contribution in [0.25, 0.3) is 16.8 Å². The normalized spacial score (nSPS) is 24.0. The van der Waals surface area contributed by atoms with Gasteiger partial charge in [-0.3, -0.25) is 9.48 Å². The van der Waals surface area contributed by atoms with Crippen LogP contribution in [0.3, 0.4) is 0 Å². The molecule has 1 aliphatic carbocycles. The second kappa shape index (κ2) is 6.47. The topological polar surface area (TPSA) is 77.6 Å². The molecule has 4 rings (SSSR count). The fraction of sp³-hybridized carbons (Fsp3) is 0.400. The van der Waals surface area contributed by atoms with Crippen molar-refractivity contribution in [3.63, 3.8) is 0 Å². The zero-order valence-electron chi connectivity index (χ0n) is 16.5. The lowest BCUT2D eigenvalue weighted by Gasteiger charge is -2.53. The number of hydrogen-bond donors (Lipinski definition) is 0. The lowest BCUT2D eigenvalue weighted by atomic mass is 9.66. The molecular formula is C20H24N6O2. The first-order valence-electron chi connectivity index (χ1n) is 9.24. The van der Waals surface area contributed by atoms with Gasteiger partial charge in [-0.05, 0) is 19.1 Å². The van der Waals surface area contributed by atoms with Crippen molar-refractivity contribution in [3.8, 4) is 17.1 Å². The second-order valence-corrected chi connectivity index (χ2v) is 7.62. The minimum absolute atomic E-state index is 0.0752. The van der Waals surface area contributed by atoms with Gasteiger partial charge < -0.3 is 9.64 Å². The number of aryl methyl sites for hydroxylation is 1. The number of amides is 1. The van der Waals surface area contributed by atoms with Gasteiger partial charge in [-0.1, -0.05) is 13.5 Å². The summed E-state index contributed by atoms with van der Waals surface area (Å²) in [6.45, 7) is 7.73. The van der Waals surface area contributed by atoms with Gasteiger partial charge in [0.2, 0.25) is 11.8 Å². The first-order valence-corrected chi connectivity index (χ1v) is 9.24. The first-order chi connectivity index (χ1) is 13.3. The van der Waals surface area contributed by atoms with Crippen LogP contribution in [0.15, 0.2) is 43.5 Å². The van der Waals surface area contributed by atoms with Crippen molar-refractivity contribution < 1.29 is 9.53 Å². The Morgan fingerprint density at radius 3 is 2.86 bits per heavy atom. The van der Waals surface area contributed by atoms with Gasteiger partial charge in [-0.2, -0.15) is 10.2 Å². The molecule has 146 valence electrons. The Kier molecular flexibility index (Phi) is 4.21. The predicted octanol–water partition coefficient (Wildman–Crippen LogP) is 2.32. The van der Waals surface area contributed by atoms with E-state index in [2.05, 4.69) is 30.6 Å². The molecule has 3 heterocycles. The largest absolute Gasteiger partial charge is 0.469 e. The van der Waals surface area contributed by atoms with Crippen LogP contribution < -0.4 is 4.74 Å². The zero-order chi connectivity index (χ0) is 20.1. The quantitative estimate of drug-likeness (QED) is 0.635. The van der Waals surface area contributed by atoms with Crippen molar-refractivity contribution >= 4 is 11.4 Å². The third-order valence-corrected chi connectivity index (χ3v) is 5.86. The summed E-state index contributed by atoms with van der Waals surface area (Å²) < 4.78 is 9.92. The zero-order valence-corrected chi connectivity index (χ0v) is 16.5. The average molecular weight is 380 g/mol. The molecule has 0 aliphatic heterocycles. The van der Waals surface area contributed by atoms with Crippen molar-refractivity contribution in [2.24, 2.45) is 13.0 Å². The monoisotopic (exact) mass is 380 g/mol. The Balaban J connectivity index is 1.64. The SMILES string of the molecule is C=CC(=O)N(C)[C@H]1C[C@@](C)(Oc2nc(-c3cnn(C)c3)cn3nccc23)[C@H]1C. The number of aromatic nitrogens is 5. The van der Waals surface area contributed by atoms with Crippen LogP contribution >= 0.6 is 0 Å². The molecule has 0 aromatic carbocycles. The van der Waals surface area contributed by atoms with Crippen LogP contribution in [0.4, 0.5) is 0 Å². The molecule has 3 aromatic rings. The Bertz CT molecular complexity index is 1050. The van der Waals surface area contributed by atoms with E-state index < -0.39 is 5.60 Å². The van der Waals surface area contributed by atoms with Gasteiger partial charge >= 0.3 is 0 Å². The molecule has 0 saturated heterocycles. The molecule has 8 nitrogen and oxygen atoms in total. The molecule has 8 heteroatoms. The maximum atomic E-state index is 11.9. The summed E-state index contributed by atoms with van der Waals surface area (Å²) in [7, 11) is 3.67. The van der Waals surface area contributed by atoms with E-state index in [1.807, 2.05) is 25.5 Å². The number of likely N-dealkylation sites (N-methyl/N-ethyl adjacent to an activating group) is 1. The number of rotatable bonds is 5. The van der Waals surface area contributed by atoms with Gasteiger partial charge in [0.1, 0.15) is 11.1 Å². The van der Waals surface area contributed by atoms with E-state index in [4.69, 9.17) is 9.72 Å². The molecule has 1 aliphatic rings. The molecule has 1 fully saturated rings. The number of carbonyl (C=O) groups excluding carboxylic acids is 1. The van der Waals surface area contributed by atoms with Crippen molar-refractivity contribution in [1.29, 1.82) is 0 Å². The van der Waals surface area contributed by atoms with Crippen LogP contribution in [-0.2, 0) is 11.8 Å². The number of hydrogen-bond acceptors (Lipinski definition) is 5. The van der Waals surface area contributed by atoms with Crippen LogP contribution in [0.1, 0.15) is 20.3 Å². The maximum Gasteiger partial charge on any atom is 0.245 e. The van der Waals surface area contributed by atoms with E-state index in [-0.39, 0.29) is 17.9 Å².